The molecule has 0 N–H and O–H groups in total. The second-order valence-corrected chi connectivity index (χ2v) is 8.80. The molecule has 4 heteroatoms. The first kappa shape index (κ1) is 19.7. The second-order valence-electron chi connectivity index (χ2n) is 8.80. The van der Waals surface area contributed by atoms with E-state index in [2.05, 4.69) is 110 Å². The monoisotopic (exact) mass is 450 g/mol. The molecule has 0 aliphatic heterocycles. The SMILES string of the molecule is c1ccc(-c2nccn2-c2ccc3c(c2)-c2cccc(-n4ccnc4-c4ccccc4)c2C3)cc1. The Labute approximate surface area is 203 Å². The lowest BCUT2D eigenvalue weighted by Gasteiger charge is -2.13. The summed E-state index contributed by atoms with van der Waals surface area (Å²) in [5, 5.41) is 0. The number of hydrogen-bond donors (Lipinski definition) is 0. The summed E-state index contributed by atoms with van der Waals surface area (Å²) in [5.41, 5.74) is 9.77. The maximum atomic E-state index is 4.68. The van der Waals surface area contributed by atoms with Crippen molar-refractivity contribution in [1.82, 2.24) is 19.1 Å². The van der Waals surface area contributed by atoms with Gasteiger partial charge in [0.25, 0.3) is 0 Å². The zero-order valence-corrected chi connectivity index (χ0v) is 19.0. The number of fused-ring (bicyclic) bond motifs is 3. The highest BCUT2D eigenvalue weighted by molar-refractivity contribution is 5.82. The van der Waals surface area contributed by atoms with Crippen LogP contribution in [0.25, 0.3) is 45.3 Å². The van der Waals surface area contributed by atoms with Crippen molar-refractivity contribution >= 4 is 0 Å². The van der Waals surface area contributed by atoms with Gasteiger partial charge in [-0.3, -0.25) is 9.13 Å². The summed E-state index contributed by atoms with van der Waals surface area (Å²) in [6.07, 6.45) is 8.75. The number of benzene rings is 4. The van der Waals surface area contributed by atoms with Crippen molar-refractivity contribution in [2.45, 2.75) is 6.42 Å². The van der Waals surface area contributed by atoms with Gasteiger partial charge in [-0.15, -0.1) is 0 Å². The Morgan fingerprint density at radius 3 is 1.94 bits per heavy atom. The molecule has 0 saturated heterocycles. The van der Waals surface area contributed by atoms with Gasteiger partial charge in [-0.1, -0.05) is 78.9 Å². The fraction of sp³-hybridized carbons (Fsp3) is 0.0323. The molecule has 1 aliphatic rings. The molecule has 2 heterocycles. The van der Waals surface area contributed by atoms with Crippen molar-refractivity contribution in [3.05, 3.63) is 133 Å². The van der Waals surface area contributed by atoms with E-state index in [1.54, 1.807) is 0 Å². The number of nitrogens with zero attached hydrogens (tertiary/aromatic N) is 4. The van der Waals surface area contributed by atoms with Crippen LogP contribution in [0.2, 0.25) is 0 Å². The molecule has 4 nitrogen and oxygen atoms in total. The van der Waals surface area contributed by atoms with Gasteiger partial charge in [0.05, 0.1) is 5.69 Å². The molecular formula is C31H22N4. The lowest BCUT2D eigenvalue weighted by atomic mass is 10.0. The highest BCUT2D eigenvalue weighted by atomic mass is 15.1. The lowest BCUT2D eigenvalue weighted by Crippen LogP contribution is -2.00. The van der Waals surface area contributed by atoms with Gasteiger partial charge in [0.15, 0.2) is 0 Å². The summed E-state index contributed by atoms with van der Waals surface area (Å²) in [7, 11) is 0. The first-order valence-electron chi connectivity index (χ1n) is 11.8. The normalized spacial score (nSPS) is 11.9. The Hall–Kier alpha value is -4.70. The van der Waals surface area contributed by atoms with E-state index in [1.807, 2.05) is 30.7 Å². The summed E-state index contributed by atoms with van der Waals surface area (Å²) in [6, 6.07) is 34.0. The van der Waals surface area contributed by atoms with Crippen molar-refractivity contribution in [3.8, 4) is 45.3 Å². The third-order valence-corrected chi connectivity index (χ3v) is 6.79. The molecule has 166 valence electrons. The van der Waals surface area contributed by atoms with E-state index in [1.165, 1.54) is 27.9 Å². The molecule has 0 saturated carbocycles. The molecule has 7 rings (SSSR count). The van der Waals surface area contributed by atoms with Crippen LogP contribution in [0.3, 0.4) is 0 Å². The molecule has 0 fully saturated rings. The Bertz CT molecular complexity index is 1660. The van der Waals surface area contributed by atoms with E-state index in [4.69, 9.17) is 0 Å². The first-order valence-corrected chi connectivity index (χ1v) is 11.8. The summed E-state index contributed by atoms with van der Waals surface area (Å²) in [5.74, 6) is 1.91. The van der Waals surface area contributed by atoms with Crippen LogP contribution in [0.15, 0.2) is 122 Å². The molecular weight excluding hydrogens is 428 g/mol. The van der Waals surface area contributed by atoms with E-state index in [0.717, 1.165) is 34.9 Å². The smallest absolute Gasteiger partial charge is 0.144 e. The predicted molar refractivity (Wildman–Crippen MR) is 140 cm³/mol. The molecule has 0 spiro atoms. The molecule has 35 heavy (non-hydrogen) atoms. The molecule has 6 aromatic rings. The van der Waals surface area contributed by atoms with Crippen molar-refractivity contribution in [2.24, 2.45) is 0 Å². The van der Waals surface area contributed by atoms with Crippen molar-refractivity contribution < 1.29 is 0 Å². The quantitative estimate of drug-likeness (QED) is 0.290. The van der Waals surface area contributed by atoms with Gasteiger partial charge in [-0.25, -0.2) is 9.97 Å². The van der Waals surface area contributed by atoms with E-state index < -0.39 is 0 Å². The van der Waals surface area contributed by atoms with Crippen LogP contribution >= 0.6 is 0 Å². The number of imidazole rings is 2. The van der Waals surface area contributed by atoms with Crippen LogP contribution in [0, 0.1) is 0 Å². The van der Waals surface area contributed by atoms with E-state index >= 15 is 0 Å². The molecule has 4 aromatic carbocycles. The third kappa shape index (κ3) is 3.22. The fourth-order valence-electron chi connectivity index (χ4n) is 5.16. The molecule has 1 aliphatic carbocycles. The molecule has 2 aromatic heterocycles. The summed E-state index contributed by atoms with van der Waals surface area (Å²) >= 11 is 0. The van der Waals surface area contributed by atoms with Gasteiger partial charge in [-0.05, 0) is 40.5 Å². The first-order chi connectivity index (χ1) is 17.4. The van der Waals surface area contributed by atoms with Gasteiger partial charge in [-0.2, -0.15) is 0 Å². The molecule has 0 amide bonds. The van der Waals surface area contributed by atoms with E-state index in [9.17, 15) is 0 Å². The molecule has 0 radical (unpaired) electrons. The fourth-order valence-corrected chi connectivity index (χ4v) is 5.16. The van der Waals surface area contributed by atoms with E-state index in [0.29, 0.717) is 0 Å². The van der Waals surface area contributed by atoms with Crippen LogP contribution in [0.5, 0.6) is 0 Å². The molecule has 0 atom stereocenters. The second kappa shape index (κ2) is 7.96. The zero-order valence-electron chi connectivity index (χ0n) is 19.0. The van der Waals surface area contributed by atoms with Crippen LogP contribution in [-0.4, -0.2) is 19.1 Å². The third-order valence-electron chi connectivity index (χ3n) is 6.79. The minimum absolute atomic E-state index is 0.906. The topological polar surface area (TPSA) is 35.6 Å². The standard InChI is InChI=1S/C31H22N4/c1-3-8-22(9-4-1)30-32-16-18-34(30)25-15-14-24-20-28-26(27(24)21-25)12-7-13-29(28)35-19-17-33-31(35)23-10-5-2-6-11-23/h1-19,21H,20H2. The Balaban J connectivity index is 1.33. The lowest BCUT2D eigenvalue weighted by molar-refractivity contribution is 1.04. The summed E-state index contributed by atoms with van der Waals surface area (Å²) in [6.45, 7) is 0. The Morgan fingerprint density at radius 2 is 1.23 bits per heavy atom. The van der Waals surface area contributed by atoms with Crippen LogP contribution in [0.4, 0.5) is 0 Å². The number of hydrogen-bond acceptors (Lipinski definition) is 2. The Morgan fingerprint density at radius 1 is 0.571 bits per heavy atom. The van der Waals surface area contributed by atoms with Crippen LogP contribution < -0.4 is 0 Å². The highest BCUT2D eigenvalue weighted by Crippen LogP contribution is 2.41. The number of rotatable bonds is 4. The molecule has 0 bridgehead atoms. The number of aromatic nitrogens is 4. The zero-order chi connectivity index (χ0) is 23.2. The minimum Gasteiger partial charge on any atom is -0.300 e. The van der Waals surface area contributed by atoms with Crippen molar-refractivity contribution in [2.75, 3.05) is 0 Å². The average Bonchev–Trinajstić information content (AvgIpc) is 3.67. The van der Waals surface area contributed by atoms with Gasteiger partial charge < -0.3 is 0 Å². The summed E-state index contributed by atoms with van der Waals surface area (Å²) in [4.78, 5) is 9.32. The van der Waals surface area contributed by atoms with Crippen molar-refractivity contribution in [1.29, 1.82) is 0 Å². The highest BCUT2D eigenvalue weighted by Gasteiger charge is 2.23. The Kier molecular flexibility index (Phi) is 4.49. The van der Waals surface area contributed by atoms with Gasteiger partial charge >= 0.3 is 0 Å². The van der Waals surface area contributed by atoms with Crippen LogP contribution in [-0.2, 0) is 6.42 Å². The van der Waals surface area contributed by atoms with E-state index in [-0.39, 0.29) is 0 Å². The van der Waals surface area contributed by atoms with Gasteiger partial charge in [0.1, 0.15) is 11.6 Å². The molecule has 0 unspecified atom stereocenters. The maximum Gasteiger partial charge on any atom is 0.144 e. The minimum atomic E-state index is 0.906. The average molecular weight is 451 g/mol. The largest absolute Gasteiger partial charge is 0.300 e. The predicted octanol–water partition coefficient (Wildman–Crippen LogP) is 6.96. The van der Waals surface area contributed by atoms with Gasteiger partial charge in [0.2, 0.25) is 0 Å². The van der Waals surface area contributed by atoms with Crippen LogP contribution in [0.1, 0.15) is 11.1 Å². The summed E-state index contributed by atoms with van der Waals surface area (Å²) < 4.78 is 4.38. The maximum absolute atomic E-state index is 4.68. The van der Waals surface area contributed by atoms with Gasteiger partial charge in [0, 0.05) is 48.0 Å². The van der Waals surface area contributed by atoms with Crippen molar-refractivity contribution in [3.63, 3.8) is 0 Å².